The fraction of sp³-hybridized carbons (Fsp3) is 0.538. The van der Waals surface area contributed by atoms with Gasteiger partial charge in [-0.25, -0.2) is 13.1 Å². The van der Waals surface area contributed by atoms with E-state index >= 15 is 0 Å². The minimum Gasteiger partial charge on any atom is -0.377 e. The largest absolute Gasteiger partial charge is 0.377 e. The van der Waals surface area contributed by atoms with Crippen molar-refractivity contribution in [2.75, 3.05) is 13.2 Å². The molecule has 0 spiro atoms. The molecule has 108 valence electrons. The molecule has 19 heavy (non-hydrogen) atoms. The van der Waals surface area contributed by atoms with E-state index in [1.54, 1.807) is 6.07 Å². The third-order valence-corrected chi connectivity index (χ3v) is 3.89. The Morgan fingerprint density at radius 1 is 1.26 bits per heavy atom. The zero-order valence-electron chi connectivity index (χ0n) is 11.4. The highest BCUT2D eigenvalue weighted by atomic mass is 32.2. The molecule has 0 unspecified atom stereocenters. The first-order chi connectivity index (χ1) is 8.94. The SMILES string of the molecule is CC(C)OCCNS(=O)(=O)Cc1ccccc1CN. The van der Waals surface area contributed by atoms with Gasteiger partial charge in [0.2, 0.25) is 10.0 Å². The van der Waals surface area contributed by atoms with Gasteiger partial charge in [-0.1, -0.05) is 24.3 Å². The van der Waals surface area contributed by atoms with Gasteiger partial charge in [0.25, 0.3) is 0 Å². The van der Waals surface area contributed by atoms with Crippen LogP contribution < -0.4 is 10.5 Å². The summed E-state index contributed by atoms with van der Waals surface area (Å²) >= 11 is 0. The number of hydrogen-bond donors (Lipinski definition) is 2. The lowest BCUT2D eigenvalue weighted by atomic mass is 10.1. The molecular formula is C13H22N2O3S. The molecule has 0 heterocycles. The highest BCUT2D eigenvalue weighted by Gasteiger charge is 2.13. The molecule has 1 aromatic carbocycles. The molecule has 0 saturated carbocycles. The molecule has 1 rings (SSSR count). The highest BCUT2D eigenvalue weighted by Crippen LogP contribution is 2.11. The zero-order chi connectivity index (χ0) is 14.3. The van der Waals surface area contributed by atoms with E-state index in [9.17, 15) is 8.42 Å². The summed E-state index contributed by atoms with van der Waals surface area (Å²) in [7, 11) is -3.35. The van der Waals surface area contributed by atoms with Gasteiger partial charge in [-0.2, -0.15) is 0 Å². The Hall–Kier alpha value is -0.950. The monoisotopic (exact) mass is 286 g/mol. The Morgan fingerprint density at radius 3 is 2.47 bits per heavy atom. The number of benzene rings is 1. The van der Waals surface area contributed by atoms with E-state index in [0.717, 1.165) is 11.1 Å². The third kappa shape index (κ3) is 6.15. The van der Waals surface area contributed by atoms with Crippen LogP contribution in [0.4, 0.5) is 0 Å². The molecule has 0 atom stereocenters. The first-order valence-corrected chi connectivity index (χ1v) is 7.95. The van der Waals surface area contributed by atoms with Crippen molar-refractivity contribution in [2.24, 2.45) is 5.73 Å². The van der Waals surface area contributed by atoms with Crippen LogP contribution in [0.1, 0.15) is 25.0 Å². The fourth-order valence-corrected chi connectivity index (χ4v) is 2.83. The van der Waals surface area contributed by atoms with Crippen molar-refractivity contribution in [1.82, 2.24) is 4.72 Å². The Kier molecular flexibility index (Phi) is 6.44. The molecule has 0 saturated heterocycles. The number of nitrogens with one attached hydrogen (secondary N) is 1. The predicted molar refractivity (Wildman–Crippen MR) is 76.0 cm³/mol. The van der Waals surface area contributed by atoms with Crippen molar-refractivity contribution in [2.45, 2.75) is 32.2 Å². The van der Waals surface area contributed by atoms with Crippen LogP contribution in [0.3, 0.4) is 0 Å². The van der Waals surface area contributed by atoms with E-state index in [2.05, 4.69) is 4.72 Å². The van der Waals surface area contributed by atoms with Crippen LogP contribution in [0.25, 0.3) is 0 Å². The van der Waals surface area contributed by atoms with Crippen LogP contribution >= 0.6 is 0 Å². The summed E-state index contributed by atoms with van der Waals surface area (Å²) < 4.78 is 31.6. The summed E-state index contributed by atoms with van der Waals surface area (Å²) in [4.78, 5) is 0. The quantitative estimate of drug-likeness (QED) is 0.698. The maximum absolute atomic E-state index is 11.9. The summed E-state index contributed by atoms with van der Waals surface area (Å²) in [5.41, 5.74) is 7.18. The second-order valence-corrected chi connectivity index (χ2v) is 6.35. The molecule has 0 amide bonds. The second-order valence-electron chi connectivity index (χ2n) is 4.55. The van der Waals surface area contributed by atoms with E-state index in [-0.39, 0.29) is 18.4 Å². The van der Waals surface area contributed by atoms with Crippen molar-refractivity contribution >= 4 is 10.0 Å². The molecule has 5 nitrogen and oxygen atoms in total. The van der Waals surface area contributed by atoms with E-state index in [1.807, 2.05) is 32.0 Å². The van der Waals surface area contributed by atoms with Crippen LogP contribution in [0.15, 0.2) is 24.3 Å². The Balaban J connectivity index is 2.54. The summed E-state index contributed by atoms with van der Waals surface area (Å²) in [6, 6.07) is 7.28. The number of nitrogens with two attached hydrogens (primary N) is 1. The summed E-state index contributed by atoms with van der Waals surface area (Å²) in [6.45, 7) is 4.81. The minimum absolute atomic E-state index is 0.0535. The molecule has 6 heteroatoms. The normalized spacial score (nSPS) is 12.0. The first-order valence-electron chi connectivity index (χ1n) is 6.30. The molecule has 0 radical (unpaired) electrons. The average Bonchev–Trinajstić information content (AvgIpc) is 2.35. The Morgan fingerprint density at radius 2 is 1.89 bits per heavy atom. The average molecular weight is 286 g/mol. The third-order valence-electron chi connectivity index (χ3n) is 2.56. The Bertz CT molecular complexity index is 486. The van der Waals surface area contributed by atoms with Gasteiger partial charge in [-0.05, 0) is 25.0 Å². The van der Waals surface area contributed by atoms with Gasteiger partial charge in [0.15, 0.2) is 0 Å². The van der Waals surface area contributed by atoms with Crippen LogP contribution in [-0.4, -0.2) is 27.7 Å². The summed E-state index contributed by atoms with van der Waals surface area (Å²) in [6.07, 6.45) is 0.0995. The first kappa shape index (κ1) is 16.1. The van der Waals surface area contributed by atoms with Gasteiger partial charge in [0, 0.05) is 13.1 Å². The number of sulfonamides is 1. The van der Waals surface area contributed by atoms with E-state index in [4.69, 9.17) is 10.5 Å². The van der Waals surface area contributed by atoms with E-state index in [0.29, 0.717) is 13.2 Å². The van der Waals surface area contributed by atoms with Gasteiger partial charge in [0.1, 0.15) is 0 Å². The molecule has 1 aromatic rings. The van der Waals surface area contributed by atoms with E-state index in [1.165, 1.54) is 0 Å². The van der Waals surface area contributed by atoms with Crippen molar-refractivity contribution < 1.29 is 13.2 Å². The molecule has 0 aliphatic rings. The topological polar surface area (TPSA) is 81.4 Å². The number of ether oxygens (including phenoxy) is 1. The molecule has 0 aromatic heterocycles. The van der Waals surface area contributed by atoms with Crippen LogP contribution in [0.2, 0.25) is 0 Å². The maximum Gasteiger partial charge on any atom is 0.215 e. The minimum atomic E-state index is -3.35. The predicted octanol–water partition coefficient (Wildman–Crippen LogP) is 0.990. The highest BCUT2D eigenvalue weighted by molar-refractivity contribution is 7.88. The van der Waals surface area contributed by atoms with Gasteiger partial charge in [-0.3, -0.25) is 0 Å². The molecular weight excluding hydrogens is 264 g/mol. The van der Waals surface area contributed by atoms with Gasteiger partial charge >= 0.3 is 0 Å². The lowest BCUT2D eigenvalue weighted by Crippen LogP contribution is -2.29. The smallest absolute Gasteiger partial charge is 0.215 e. The molecule has 0 aliphatic heterocycles. The summed E-state index contributed by atoms with van der Waals surface area (Å²) in [5, 5.41) is 0. The van der Waals surface area contributed by atoms with Crippen LogP contribution in [-0.2, 0) is 27.1 Å². The van der Waals surface area contributed by atoms with Gasteiger partial charge in [0.05, 0.1) is 18.5 Å². The van der Waals surface area contributed by atoms with Crippen LogP contribution in [0, 0.1) is 0 Å². The standard InChI is InChI=1S/C13H22N2O3S/c1-11(2)18-8-7-15-19(16,17)10-13-6-4-3-5-12(13)9-14/h3-6,11,15H,7-10,14H2,1-2H3. The molecule has 0 fully saturated rings. The van der Waals surface area contributed by atoms with E-state index < -0.39 is 10.0 Å². The van der Waals surface area contributed by atoms with Crippen molar-refractivity contribution in [3.63, 3.8) is 0 Å². The van der Waals surface area contributed by atoms with Crippen molar-refractivity contribution in [3.05, 3.63) is 35.4 Å². The van der Waals surface area contributed by atoms with Gasteiger partial charge in [-0.15, -0.1) is 0 Å². The van der Waals surface area contributed by atoms with Crippen molar-refractivity contribution in [1.29, 1.82) is 0 Å². The molecule has 0 aliphatic carbocycles. The summed E-state index contributed by atoms with van der Waals surface area (Å²) in [5.74, 6) is -0.0535. The second kappa shape index (κ2) is 7.59. The lowest BCUT2D eigenvalue weighted by molar-refractivity contribution is 0.0834. The fourth-order valence-electron chi connectivity index (χ4n) is 1.64. The lowest BCUT2D eigenvalue weighted by Gasteiger charge is -2.11. The molecule has 0 bridgehead atoms. The number of hydrogen-bond acceptors (Lipinski definition) is 4. The maximum atomic E-state index is 11.9. The Labute approximate surface area is 115 Å². The molecule has 3 N–H and O–H groups in total. The number of rotatable bonds is 8. The van der Waals surface area contributed by atoms with Crippen molar-refractivity contribution in [3.8, 4) is 0 Å². The van der Waals surface area contributed by atoms with Gasteiger partial charge < -0.3 is 10.5 Å². The van der Waals surface area contributed by atoms with Crippen LogP contribution in [0.5, 0.6) is 0 Å². The zero-order valence-corrected chi connectivity index (χ0v) is 12.2.